The van der Waals surface area contributed by atoms with Crippen molar-refractivity contribution in [2.45, 2.75) is 11.8 Å². The van der Waals surface area contributed by atoms with E-state index >= 15 is 0 Å². The van der Waals surface area contributed by atoms with Crippen LogP contribution in [0.2, 0.25) is 0 Å². The van der Waals surface area contributed by atoms with Gasteiger partial charge in [0.1, 0.15) is 0 Å². The first-order chi connectivity index (χ1) is 9.20. The fourth-order valence-electron chi connectivity index (χ4n) is 1.71. The molecule has 0 saturated heterocycles. The number of aromatic nitrogens is 1. The van der Waals surface area contributed by atoms with Crippen LogP contribution >= 0.6 is 11.3 Å². The van der Waals surface area contributed by atoms with E-state index in [2.05, 4.69) is 9.72 Å². The van der Waals surface area contributed by atoms with Crippen LogP contribution in [-0.2, 0) is 15.1 Å². The number of nitrogens with zero attached hydrogens (tertiary/aromatic N) is 1. The number of carbonyl (C=O) groups is 1. The normalized spacial score (nSPS) is 15.1. The number of aliphatic hydroxyl groups is 1. The topological polar surface area (TPSA) is 85.4 Å². The summed E-state index contributed by atoms with van der Waals surface area (Å²) < 4.78 is 43.5. The number of thiazole rings is 1. The van der Waals surface area contributed by atoms with Crippen molar-refractivity contribution in [1.29, 1.82) is 0 Å². The Morgan fingerprint density at radius 2 is 2.10 bits per heavy atom. The Hall–Kier alpha value is -1.87. The lowest BCUT2D eigenvalue weighted by Gasteiger charge is -2.27. The Morgan fingerprint density at radius 3 is 2.65 bits per heavy atom. The van der Waals surface area contributed by atoms with Crippen molar-refractivity contribution < 1.29 is 27.8 Å². The molecule has 1 atom stereocenters. The van der Waals surface area contributed by atoms with Crippen molar-refractivity contribution >= 4 is 32.7 Å². The number of alkyl halides is 3. The molecule has 5 nitrogen and oxygen atoms in total. The van der Waals surface area contributed by atoms with Crippen LogP contribution in [0, 0.1) is 0 Å². The summed E-state index contributed by atoms with van der Waals surface area (Å²) in [5.41, 5.74) is 1.46. The van der Waals surface area contributed by atoms with Crippen LogP contribution in [0.4, 0.5) is 18.3 Å². The summed E-state index contributed by atoms with van der Waals surface area (Å²) in [6.45, 7) is 0. The predicted octanol–water partition coefficient (Wildman–Crippen LogP) is 1.80. The van der Waals surface area contributed by atoms with Crippen LogP contribution in [0.25, 0.3) is 10.2 Å². The van der Waals surface area contributed by atoms with E-state index in [0.717, 1.165) is 30.6 Å². The molecule has 1 aromatic heterocycles. The number of halogens is 3. The quantitative estimate of drug-likeness (QED) is 0.826. The van der Waals surface area contributed by atoms with Gasteiger partial charge in [-0.25, -0.2) is 9.78 Å². The average Bonchev–Trinajstić information content (AvgIpc) is 2.74. The number of benzene rings is 1. The largest absolute Gasteiger partial charge is 0.466 e. The second-order valence-corrected chi connectivity index (χ2v) is 5.00. The van der Waals surface area contributed by atoms with Gasteiger partial charge in [0, 0.05) is 5.56 Å². The Labute approximate surface area is 114 Å². The van der Waals surface area contributed by atoms with Gasteiger partial charge in [-0.3, -0.25) is 0 Å². The van der Waals surface area contributed by atoms with Crippen molar-refractivity contribution in [2.24, 2.45) is 0 Å². The van der Waals surface area contributed by atoms with Crippen LogP contribution in [-0.4, -0.2) is 29.3 Å². The molecular formula is C11H9F3N2O3S. The minimum Gasteiger partial charge on any atom is -0.466 e. The number of fused-ring (bicyclic) bond motifs is 1. The zero-order chi connectivity index (χ0) is 15.1. The van der Waals surface area contributed by atoms with Gasteiger partial charge in [-0.2, -0.15) is 13.2 Å². The molecule has 0 aliphatic heterocycles. The van der Waals surface area contributed by atoms with Gasteiger partial charge in [-0.15, -0.1) is 0 Å². The van der Waals surface area contributed by atoms with Crippen LogP contribution in [0.5, 0.6) is 0 Å². The number of anilines is 1. The third-order valence-electron chi connectivity index (χ3n) is 2.71. The number of carbonyl (C=O) groups excluding carboxylic acids is 1. The second kappa shape index (κ2) is 4.60. The number of nitrogens with two attached hydrogens (primary N) is 1. The van der Waals surface area contributed by atoms with Crippen LogP contribution < -0.4 is 5.73 Å². The molecule has 1 heterocycles. The van der Waals surface area contributed by atoms with E-state index in [4.69, 9.17) is 5.73 Å². The van der Waals surface area contributed by atoms with Gasteiger partial charge in [0.05, 0.1) is 17.3 Å². The fourth-order valence-corrected chi connectivity index (χ4v) is 2.49. The SMILES string of the molecule is COC(=O)C(O)(c1ccc2nc(N)sc2c1)C(F)(F)F. The number of hydrogen-bond donors (Lipinski definition) is 2. The van der Waals surface area contributed by atoms with Crippen LogP contribution in [0.15, 0.2) is 18.2 Å². The first-order valence-corrected chi connectivity index (χ1v) is 6.06. The first kappa shape index (κ1) is 14.5. The number of rotatable bonds is 2. The lowest BCUT2D eigenvalue weighted by atomic mass is 9.93. The maximum Gasteiger partial charge on any atom is 0.432 e. The molecule has 20 heavy (non-hydrogen) atoms. The van der Waals surface area contributed by atoms with Crippen molar-refractivity contribution in [2.75, 3.05) is 12.8 Å². The van der Waals surface area contributed by atoms with E-state index in [1.54, 1.807) is 0 Å². The maximum absolute atomic E-state index is 13.0. The van der Waals surface area contributed by atoms with Crippen molar-refractivity contribution in [3.8, 4) is 0 Å². The predicted molar refractivity (Wildman–Crippen MR) is 66.0 cm³/mol. The van der Waals surface area contributed by atoms with Crippen molar-refractivity contribution in [3.63, 3.8) is 0 Å². The maximum atomic E-state index is 13.0. The van der Waals surface area contributed by atoms with Crippen LogP contribution in [0.1, 0.15) is 5.56 Å². The van der Waals surface area contributed by atoms with Gasteiger partial charge >= 0.3 is 12.1 Å². The molecule has 1 unspecified atom stereocenters. The summed E-state index contributed by atoms with van der Waals surface area (Å²) in [7, 11) is 0.766. The van der Waals surface area contributed by atoms with E-state index in [9.17, 15) is 23.1 Å². The highest BCUT2D eigenvalue weighted by Crippen LogP contribution is 2.41. The number of hydrogen-bond acceptors (Lipinski definition) is 6. The zero-order valence-electron chi connectivity index (χ0n) is 10.1. The summed E-state index contributed by atoms with van der Waals surface area (Å²) >= 11 is 0.948. The van der Waals surface area contributed by atoms with Gasteiger partial charge in [-0.05, 0) is 12.1 Å². The molecule has 108 valence electrons. The molecule has 0 amide bonds. The molecule has 1 aromatic carbocycles. The van der Waals surface area contributed by atoms with E-state index < -0.39 is 23.3 Å². The molecule has 0 bridgehead atoms. The van der Waals surface area contributed by atoms with Gasteiger partial charge in [-0.1, -0.05) is 17.4 Å². The lowest BCUT2D eigenvalue weighted by molar-refractivity contribution is -0.266. The van der Waals surface area contributed by atoms with Gasteiger partial charge in [0.2, 0.25) is 0 Å². The number of methoxy groups -OCH3 is 1. The van der Waals surface area contributed by atoms with Gasteiger partial charge in [0.25, 0.3) is 5.60 Å². The van der Waals surface area contributed by atoms with E-state index in [1.165, 1.54) is 6.07 Å². The minimum atomic E-state index is -5.22. The van der Waals surface area contributed by atoms with Gasteiger partial charge < -0.3 is 15.6 Å². The third kappa shape index (κ3) is 2.08. The number of esters is 1. The summed E-state index contributed by atoms with van der Waals surface area (Å²) in [6.07, 6.45) is -5.22. The Kier molecular flexibility index (Phi) is 3.34. The van der Waals surface area contributed by atoms with Crippen molar-refractivity contribution in [1.82, 2.24) is 4.98 Å². The number of nitrogen functional groups attached to an aromatic ring is 1. The van der Waals surface area contributed by atoms with E-state index in [1.807, 2.05) is 0 Å². The Morgan fingerprint density at radius 1 is 1.45 bits per heavy atom. The summed E-state index contributed by atoms with van der Waals surface area (Å²) in [4.78, 5) is 15.3. The summed E-state index contributed by atoms with van der Waals surface area (Å²) in [5, 5.41) is 9.98. The van der Waals surface area contributed by atoms with E-state index in [0.29, 0.717) is 10.2 Å². The highest BCUT2D eigenvalue weighted by atomic mass is 32.1. The Bertz CT molecular complexity index is 670. The summed E-state index contributed by atoms with van der Waals surface area (Å²) in [5.74, 6) is -1.80. The monoisotopic (exact) mass is 306 g/mol. The standard InChI is InChI=1S/C11H9F3N2O3S/c1-19-8(17)10(18,11(12,13)14)5-2-3-6-7(4-5)20-9(15)16-6/h2-4,18H,1H3,(H2,15,16). The molecule has 0 aliphatic rings. The molecule has 9 heteroatoms. The molecule has 2 aromatic rings. The van der Waals surface area contributed by atoms with Gasteiger partial charge in [0.15, 0.2) is 5.13 Å². The fraction of sp³-hybridized carbons (Fsp3) is 0.273. The molecule has 0 radical (unpaired) electrons. The smallest absolute Gasteiger partial charge is 0.432 e. The highest BCUT2D eigenvalue weighted by Gasteiger charge is 2.62. The first-order valence-electron chi connectivity index (χ1n) is 5.24. The summed E-state index contributed by atoms with van der Waals surface area (Å²) in [6, 6.07) is 3.23. The highest BCUT2D eigenvalue weighted by molar-refractivity contribution is 7.22. The van der Waals surface area contributed by atoms with Crippen molar-refractivity contribution in [3.05, 3.63) is 23.8 Å². The molecule has 0 saturated carbocycles. The minimum absolute atomic E-state index is 0.172. The molecule has 0 spiro atoms. The lowest BCUT2D eigenvalue weighted by Crippen LogP contribution is -2.49. The Balaban J connectivity index is 2.65. The molecule has 3 N–H and O–H groups in total. The second-order valence-electron chi connectivity index (χ2n) is 3.93. The molecular weight excluding hydrogens is 297 g/mol. The third-order valence-corrected chi connectivity index (χ3v) is 3.56. The number of ether oxygens (including phenoxy) is 1. The zero-order valence-corrected chi connectivity index (χ0v) is 10.9. The van der Waals surface area contributed by atoms with E-state index in [-0.39, 0.29) is 5.13 Å². The molecule has 2 rings (SSSR count). The molecule has 0 fully saturated rings. The average molecular weight is 306 g/mol. The van der Waals surface area contributed by atoms with Crippen LogP contribution in [0.3, 0.4) is 0 Å². The molecule has 0 aliphatic carbocycles.